The Morgan fingerprint density at radius 3 is 2.79 bits per heavy atom. The molecule has 0 amide bonds. The standard InChI is InChI=1S/C14H22N4S/c1-3-18-9-6-11(7-10-18)17(2)14-12(13(15)19)5-4-8-16-14/h4-5,8,11H,3,6-7,9-10H2,1-2H3,(H2,15,19). The van der Waals surface area contributed by atoms with Crippen molar-refractivity contribution in [3.8, 4) is 0 Å². The van der Waals surface area contributed by atoms with Crippen molar-refractivity contribution in [2.75, 3.05) is 31.6 Å². The normalized spacial score (nSPS) is 17.4. The van der Waals surface area contributed by atoms with Crippen LogP contribution < -0.4 is 10.6 Å². The van der Waals surface area contributed by atoms with Gasteiger partial charge >= 0.3 is 0 Å². The highest BCUT2D eigenvalue weighted by atomic mass is 32.1. The maximum Gasteiger partial charge on any atom is 0.138 e. The van der Waals surface area contributed by atoms with E-state index >= 15 is 0 Å². The maximum atomic E-state index is 5.78. The fourth-order valence-electron chi connectivity index (χ4n) is 2.67. The van der Waals surface area contributed by atoms with E-state index in [4.69, 9.17) is 18.0 Å². The van der Waals surface area contributed by atoms with Crippen LogP contribution >= 0.6 is 12.2 Å². The van der Waals surface area contributed by atoms with Gasteiger partial charge in [0.05, 0.1) is 5.56 Å². The first-order valence-corrected chi connectivity index (χ1v) is 7.24. The van der Waals surface area contributed by atoms with E-state index in [9.17, 15) is 0 Å². The highest BCUT2D eigenvalue weighted by Gasteiger charge is 2.24. The number of hydrogen-bond donors (Lipinski definition) is 1. The molecule has 0 atom stereocenters. The quantitative estimate of drug-likeness (QED) is 0.848. The molecule has 1 fully saturated rings. The molecule has 0 spiro atoms. The monoisotopic (exact) mass is 278 g/mol. The number of piperidine rings is 1. The van der Waals surface area contributed by atoms with Crippen molar-refractivity contribution in [1.29, 1.82) is 0 Å². The minimum absolute atomic E-state index is 0.418. The highest BCUT2D eigenvalue weighted by molar-refractivity contribution is 7.80. The van der Waals surface area contributed by atoms with Crippen LogP contribution in [0.15, 0.2) is 18.3 Å². The largest absolute Gasteiger partial charge is 0.389 e. The summed E-state index contributed by atoms with van der Waals surface area (Å²) in [5, 5.41) is 0. The van der Waals surface area contributed by atoms with Gasteiger partial charge in [0.2, 0.25) is 0 Å². The second-order valence-corrected chi connectivity index (χ2v) is 5.45. The molecule has 1 aromatic rings. The molecule has 0 aromatic carbocycles. The third-order valence-electron chi connectivity index (χ3n) is 3.94. The van der Waals surface area contributed by atoms with Crippen LogP contribution in [0.3, 0.4) is 0 Å². The van der Waals surface area contributed by atoms with E-state index < -0.39 is 0 Å². The van der Waals surface area contributed by atoms with Gasteiger partial charge in [-0.2, -0.15) is 0 Å². The summed E-state index contributed by atoms with van der Waals surface area (Å²) < 4.78 is 0. The predicted octanol–water partition coefficient (Wildman–Crippen LogP) is 1.64. The number of nitrogens with zero attached hydrogens (tertiary/aromatic N) is 3. The summed E-state index contributed by atoms with van der Waals surface area (Å²) in [6.07, 6.45) is 4.13. The first-order valence-electron chi connectivity index (χ1n) is 6.83. The topological polar surface area (TPSA) is 45.4 Å². The van der Waals surface area contributed by atoms with Crippen molar-refractivity contribution >= 4 is 23.0 Å². The summed E-state index contributed by atoms with van der Waals surface area (Å²) in [4.78, 5) is 9.60. The minimum Gasteiger partial charge on any atom is -0.389 e. The maximum absolute atomic E-state index is 5.78. The molecule has 1 aromatic heterocycles. The molecule has 0 radical (unpaired) electrons. The molecule has 2 N–H and O–H groups in total. The van der Waals surface area contributed by atoms with Gasteiger partial charge in [-0.1, -0.05) is 19.1 Å². The van der Waals surface area contributed by atoms with Gasteiger partial charge in [-0.15, -0.1) is 0 Å². The molecule has 1 saturated heterocycles. The van der Waals surface area contributed by atoms with E-state index in [2.05, 4.69) is 28.8 Å². The van der Waals surface area contributed by atoms with Crippen LogP contribution in [0.2, 0.25) is 0 Å². The van der Waals surface area contributed by atoms with Gasteiger partial charge in [0.1, 0.15) is 10.8 Å². The van der Waals surface area contributed by atoms with Crippen molar-refractivity contribution in [2.24, 2.45) is 5.73 Å². The highest BCUT2D eigenvalue weighted by Crippen LogP contribution is 2.23. The van der Waals surface area contributed by atoms with Crippen LogP contribution in [0.5, 0.6) is 0 Å². The van der Waals surface area contributed by atoms with E-state index in [0.717, 1.165) is 43.9 Å². The Bertz CT molecular complexity index is 441. The van der Waals surface area contributed by atoms with Gasteiger partial charge in [-0.05, 0) is 31.5 Å². The second-order valence-electron chi connectivity index (χ2n) is 5.02. The summed E-state index contributed by atoms with van der Waals surface area (Å²) >= 11 is 5.11. The summed E-state index contributed by atoms with van der Waals surface area (Å²) in [5.74, 6) is 0.907. The Labute approximate surface area is 120 Å². The van der Waals surface area contributed by atoms with Gasteiger partial charge in [-0.3, -0.25) is 0 Å². The number of anilines is 1. The van der Waals surface area contributed by atoms with Crippen LogP contribution in [0.1, 0.15) is 25.3 Å². The van der Waals surface area contributed by atoms with E-state index in [1.165, 1.54) is 0 Å². The van der Waals surface area contributed by atoms with Crippen LogP contribution in [-0.4, -0.2) is 47.6 Å². The van der Waals surface area contributed by atoms with Gasteiger partial charge in [0.15, 0.2) is 0 Å². The number of nitrogens with two attached hydrogens (primary N) is 1. The van der Waals surface area contributed by atoms with Gasteiger partial charge in [0, 0.05) is 32.4 Å². The molecular weight excluding hydrogens is 256 g/mol. The molecule has 2 heterocycles. The van der Waals surface area contributed by atoms with Gasteiger partial charge in [-0.25, -0.2) is 4.98 Å². The molecule has 104 valence electrons. The fraction of sp³-hybridized carbons (Fsp3) is 0.571. The van der Waals surface area contributed by atoms with E-state index in [-0.39, 0.29) is 0 Å². The molecular formula is C14H22N4S. The molecule has 2 rings (SSSR count). The molecule has 0 unspecified atom stereocenters. The second kappa shape index (κ2) is 6.30. The summed E-state index contributed by atoms with van der Waals surface area (Å²) in [6, 6.07) is 4.35. The van der Waals surface area contributed by atoms with Crippen LogP contribution in [0, 0.1) is 0 Å². The number of pyridine rings is 1. The zero-order valence-corrected chi connectivity index (χ0v) is 12.5. The van der Waals surface area contributed by atoms with Crippen molar-refractivity contribution in [3.05, 3.63) is 23.9 Å². The molecule has 1 aliphatic rings. The predicted molar refractivity (Wildman–Crippen MR) is 83.7 cm³/mol. The number of aromatic nitrogens is 1. The Hall–Kier alpha value is -1.20. The SMILES string of the molecule is CCN1CCC(N(C)c2ncccc2C(N)=S)CC1. The molecule has 5 heteroatoms. The first-order chi connectivity index (χ1) is 9.13. The lowest BCUT2D eigenvalue weighted by Gasteiger charge is -2.37. The van der Waals surface area contributed by atoms with E-state index in [1.807, 2.05) is 12.1 Å². The molecule has 4 nitrogen and oxygen atoms in total. The fourth-order valence-corrected chi connectivity index (χ4v) is 2.83. The molecule has 0 saturated carbocycles. The van der Waals surface area contributed by atoms with Crippen molar-refractivity contribution in [2.45, 2.75) is 25.8 Å². The third kappa shape index (κ3) is 3.22. The molecule has 1 aliphatic heterocycles. The number of thiocarbonyl (C=S) groups is 1. The zero-order valence-electron chi connectivity index (χ0n) is 11.7. The van der Waals surface area contributed by atoms with E-state index in [1.54, 1.807) is 6.20 Å². The molecule has 19 heavy (non-hydrogen) atoms. The van der Waals surface area contributed by atoms with Crippen LogP contribution in [0.4, 0.5) is 5.82 Å². The molecule has 0 aliphatic carbocycles. The van der Waals surface area contributed by atoms with Crippen LogP contribution in [0.25, 0.3) is 0 Å². The summed E-state index contributed by atoms with van der Waals surface area (Å²) in [6.45, 7) is 5.66. The minimum atomic E-state index is 0.418. The average Bonchev–Trinajstić information content (AvgIpc) is 2.46. The zero-order chi connectivity index (χ0) is 13.8. The summed E-state index contributed by atoms with van der Waals surface area (Å²) in [5.41, 5.74) is 6.66. The number of rotatable bonds is 4. The Kier molecular flexibility index (Phi) is 4.71. The lowest BCUT2D eigenvalue weighted by atomic mass is 10.0. The van der Waals surface area contributed by atoms with Gasteiger partial charge in [0.25, 0.3) is 0 Å². The average molecular weight is 278 g/mol. The molecule has 0 bridgehead atoms. The van der Waals surface area contributed by atoms with Crippen molar-refractivity contribution in [3.63, 3.8) is 0 Å². The lowest BCUT2D eigenvalue weighted by molar-refractivity contribution is 0.220. The first kappa shape index (κ1) is 14.2. The van der Waals surface area contributed by atoms with E-state index in [0.29, 0.717) is 11.0 Å². The number of hydrogen-bond acceptors (Lipinski definition) is 4. The van der Waals surface area contributed by atoms with Gasteiger partial charge < -0.3 is 15.5 Å². The van der Waals surface area contributed by atoms with Crippen molar-refractivity contribution < 1.29 is 0 Å². The third-order valence-corrected chi connectivity index (χ3v) is 4.16. The lowest BCUT2D eigenvalue weighted by Crippen LogP contribution is -2.44. The Morgan fingerprint density at radius 1 is 1.53 bits per heavy atom. The Balaban J connectivity index is 2.12. The summed E-state index contributed by atoms with van der Waals surface area (Å²) in [7, 11) is 2.09. The van der Waals surface area contributed by atoms with Crippen LogP contribution in [-0.2, 0) is 0 Å². The van der Waals surface area contributed by atoms with Crippen molar-refractivity contribution in [1.82, 2.24) is 9.88 Å². The number of likely N-dealkylation sites (tertiary alicyclic amines) is 1. The smallest absolute Gasteiger partial charge is 0.138 e. The Morgan fingerprint density at radius 2 is 2.21 bits per heavy atom.